The normalized spacial score (nSPS) is 29.2. The molecule has 6 atom stereocenters. The number of carbonyl (C=O) groups is 4. The summed E-state index contributed by atoms with van der Waals surface area (Å²) < 4.78 is 22.0. The number of hydrogen-bond donors (Lipinski definition) is 4. The molecule has 0 aromatic carbocycles. The van der Waals surface area contributed by atoms with E-state index in [0.29, 0.717) is 30.0 Å². The molecule has 13 heteroatoms. The molecule has 12 nitrogen and oxygen atoms in total. The third kappa shape index (κ3) is 10.8. The summed E-state index contributed by atoms with van der Waals surface area (Å²) in [4.78, 5) is 52.2. The Morgan fingerprint density at radius 1 is 1.19 bits per heavy atom. The Balaban J connectivity index is 1.96. The SMILES string of the molecule is CO[C@H]1/C=C\C=C(/C)C(=O)NC2=CC(=O)C(NCCSCc3ccco3)=C(C[C@@H](C)C[C@H](OC)[C@H](O)[C@@H](C)/C=C(\C)[C@@H]1OC(N)=O)C2=O. The fourth-order valence-corrected chi connectivity index (χ4v) is 6.35. The van der Waals surface area contributed by atoms with Crippen LogP contribution in [0.2, 0.25) is 0 Å². The van der Waals surface area contributed by atoms with E-state index in [4.69, 9.17) is 24.4 Å². The van der Waals surface area contributed by atoms with E-state index in [1.54, 1.807) is 50.1 Å². The summed E-state index contributed by atoms with van der Waals surface area (Å²) in [6, 6.07) is 3.71. The maximum Gasteiger partial charge on any atom is 0.405 e. The second-order valence-corrected chi connectivity index (χ2v) is 13.1. The van der Waals surface area contributed by atoms with Gasteiger partial charge >= 0.3 is 6.09 Å². The molecule has 0 saturated heterocycles. The first-order valence-corrected chi connectivity index (χ1v) is 16.9. The van der Waals surface area contributed by atoms with E-state index in [0.717, 1.165) is 11.8 Å². The van der Waals surface area contributed by atoms with Crippen molar-refractivity contribution in [3.05, 3.63) is 82.6 Å². The molecule has 1 aromatic rings. The lowest BCUT2D eigenvalue weighted by atomic mass is 9.85. The number of rotatable bonds is 9. The van der Waals surface area contributed by atoms with Gasteiger partial charge in [0.1, 0.15) is 11.9 Å². The Hall–Kier alpha value is -3.91. The Kier molecular flexibility index (Phi) is 14.9. The van der Waals surface area contributed by atoms with Crippen LogP contribution in [-0.4, -0.2) is 79.6 Å². The minimum absolute atomic E-state index is 0.124. The standard InChI is InChI=1S/C35H47N3O9S/c1-20-15-25-30(37-12-14-48-19-24-10-8-13-46-24)27(39)18-26(32(25)41)38-34(42)21(2)9-7-11-28(44-5)33(47-35(36)43)23(4)17-22(3)31(40)29(16-20)45-6/h7-11,13,17-18,20,22,28-29,31,33,37,40H,12,14-16,19H2,1-6H3,(H2,36,43)(H,38,42)/b11-7-,21-9+,23-17+/t20-,22+,28+,29+,31-,33+/m1/s1. The highest BCUT2D eigenvalue weighted by atomic mass is 32.2. The molecule has 2 bridgehead atoms. The van der Waals surface area contributed by atoms with E-state index in [1.807, 2.05) is 26.0 Å². The number of ketones is 2. The molecule has 0 spiro atoms. The smallest absolute Gasteiger partial charge is 0.405 e. The van der Waals surface area contributed by atoms with Crippen LogP contribution in [0, 0.1) is 11.8 Å². The maximum atomic E-state index is 13.8. The molecule has 0 radical (unpaired) electrons. The van der Waals surface area contributed by atoms with E-state index in [2.05, 4.69) is 10.6 Å². The summed E-state index contributed by atoms with van der Waals surface area (Å²) in [5, 5.41) is 17.1. The molecule has 262 valence electrons. The zero-order valence-electron chi connectivity index (χ0n) is 28.3. The van der Waals surface area contributed by atoms with Gasteiger partial charge in [-0.05, 0) is 50.3 Å². The second kappa shape index (κ2) is 18.6. The second-order valence-electron chi connectivity index (χ2n) is 12.0. The summed E-state index contributed by atoms with van der Waals surface area (Å²) in [6.07, 6.45) is 5.42. The van der Waals surface area contributed by atoms with Gasteiger partial charge < -0.3 is 40.1 Å². The molecule has 5 N–H and O–H groups in total. The first kappa shape index (κ1) is 38.5. The molecule has 0 unspecified atom stereocenters. The largest absolute Gasteiger partial charge is 0.468 e. The Morgan fingerprint density at radius 3 is 2.58 bits per heavy atom. The predicted molar refractivity (Wildman–Crippen MR) is 182 cm³/mol. The number of fused-ring (bicyclic) bond motifs is 2. The summed E-state index contributed by atoms with van der Waals surface area (Å²) in [5.74, 6) is 0.0372. The number of Topliss-reactive ketones (excluding diaryl/α,β-unsaturated/α-hetero) is 1. The van der Waals surface area contributed by atoms with E-state index in [1.165, 1.54) is 20.3 Å². The van der Waals surface area contributed by atoms with E-state index in [9.17, 15) is 24.3 Å². The van der Waals surface area contributed by atoms with E-state index < -0.39 is 53.9 Å². The number of primary amides is 1. The summed E-state index contributed by atoms with van der Waals surface area (Å²) in [7, 11) is 2.93. The van der Waals surface area contributed by atoms with Crippen molar-refractivity contribution in [2.75, 3.05) is 26.5 Å². The fraction of sp³-hybridized carbons (Fsp3) is 0.486. The molecule has 2 heterocycles. The van der Waals surface area contributed by atoms with Crippen molar-refractivity contribution in [1.82, 2.24) is 10.6 Å². The van der Waals surface area contributed by atoms with E-state index in [-0.39, 0.29) is 34.9 Å². The lowest BCUT2D eigenvalue weighted by molar-refractivity contribution is -0.120. The van der Waals surface area contributed by atoms with Gasteiger partial charge in [-0.3, -0.25) is 14.4 Å². The number of hydrogen-bond acceptors (Lipinski definition) is 11. The highest BCUT2D eigenvalue weighted by Crippen LogP contribution is 2.29. The Morgan fingerprint density at radius 2 is 1.94 bits per heavy atom. The Bertz CT molecular complexity index is 1460. The third-order valence-corrected chi connectivity index (χ3v) is 9.15. The molecule has 0 fully saturated rings. The number of furan rings is 1. The molecular weight excluding hydrogens is 638 g/mol. The van der Waals surface area contributed by atoms with Crippen LogP contribution >= 0.6 is 11.8 Å². The first-order valence-electron chi connectivity index (χ1n) is 15.8. The highest BCUT2D eigenvalue weighted by Gasteiger charge is 2.33. The van der Waals surface area contributed by atoms with Crippen LogP contribution in [0.3, 0.4) is 0 Å². The van der Waals surface area contributed by atoms with Crippen molar-refractivity contribution in [3.63, 3.8) is 0 Å². The first-order chi connectivity index (χ1) is 22.9. The van der Waals surface area contributed by atoms with Crippen molar-refractivity contribution < 1.29 is 42.9 Å². The molecule has 1 aliphatic carbocycles. The Labute approximate surface area is 285 Å². The molecule has 1 aliphatic heterocycles. The number of aliphatic hydroxyl groups is 1. The lowest BCUT2D eigenvalue weighted by Gasteiger charge is -2.30. The highest BCUT2D eigenvalue weighted by molar-refractivity contribution is 7.98. The molecule has 2 aliphatic rings. The number of nitrogens with two attached hydrogens (primary N) is 1. The minimum Gasteiger partial charge on any atom is -0.468 e. The molecular formula is C35H47N3O9S. The quantitative estimate of drug-likeness (QED) is 0.168. The van der Waals surface area contributed by atoms with E-state index >= 15 is 0 Å². The van der Waals surface area contributed by atoms with Gasteiger partial charge in [0.15, 0.2) is 6.10 Å². The minimum atomic E-state index is -1.00. The van der Waals surface area contributed by atoms with Crippen molar-refractivity contribution >= 4 is 35.3 Å². The number of nitrogens with one attached hydrogen (secondary N) is 2. The maximum absolute atomic E-state index is 13.8. The molecule has 48 heavy (non-hydrogen) atoms. The van der Waals surface area contributed by atoms with Crippen LogP contribution in [0.5, 0.6) is 0 Å². The average Bonchev–Trinajstić information content (AvgIpc) is 3.56. The van der Waals surface area contributed by atoms with Gasteiger partial charge in [0.25, 0.3) is 5.91 Å². The predicted octanol–water partition coefficient (Wildman–Crippen LogP) is 3.88. The van der Waals surface area contributed by atoms with Gasteiger partial charge in [0.05, 0.1) is 35.6 Å². The van der Waals surface area contributed by atoms with Gasteiger partial charge in [-0.25, -0.2) is 4.79 Å². The number of carbonyl (C=O) groups excluding carboxylic acids is 4. The van der Waals surface area contributed by atoms with Crippen molar-refractivity contribution in [1.29, 1.82) is 0 Å². The van der Waals surface area contributed by atoms with Crippen LogP contribution in [-0.2, 0) is 34.3 Å². The molecule has 3 rings (SSSR count). The third-order valence-electron chi connectivity index (χ3n) is 8.17. The van der Waals surface area contributed by atoms with Crippen LogP contribution in [0.1, 0.15) is 46.3 Å². The summed E-state index contributed by atoms with van der Waals surface area (Å²) in [6.45, 7) is 7.44. The number of methoxy groups -OCH3 is 2. The monoisotopic (exact) mass is 685 g/mol. The summed E-state index contributed by atoms with van der Waals surface area (Å²) in [5.41, 5.74) is 6.52. The van der Waals surface area contributed by atoms with Gasteiger partial charge in [-0.1, -0.05) is 38.2 Å². The van der Waals surface area contributed by atoms with Crippen molar-refractivity contribution in [3.8, 4) is 0 Å². The number of allylic oxidation sites excluding steroid dienone is 4. The van der Waals surface area contributed by atoms with Crippen LogP contribution < -0.4 is 16.4 Å². The van der Waals surface area contributed by atoms with Crippen LogP contribution in [0.15, 0.2) is 81.3 Å². The number of ether oxygens (including phenoxy) is 3. The van der Waals surface area contributed by atoms with Crippen LogP contribution in [0.25, 0.3) is 0 Å². The molecule has 2 amide bonds. The zero-order valence-corrected chi connectivity index (χ0v) is 29.1. The van der Waals surface area contributed by atoms with Gasteiger partial charge in [0.2, 0.25) is 11.6 Å². The molecule has 0 saturated carbocycles. The topological polar surface area (TPSA) is 179 Å². The number of aliphatic hydroxyl groups excluding tert-OH is 1. The van der Waals surface area contributed by atoms with Crippen LogP contribution in [0.4, 0.5) is 4.79 Å². The van der Waals surface area contributed by atoms with Gasteiger partial charge in [-0.15, -0.1) is 0 Å². The van der Waals surface area contributed by atoms with Crippen molar-refractivity contribution in [2.24, 2.45) is 17.6 Å². The average molecular weight is 686 g/mol. The number of amides is 2. The summed E-state index contributed by atoms with van der Waals surface area (Å²) >= 11 is 1.62. The number of thioether (sulfide) groups is 1. The zero-order chi connectivity index (χ0) is 35.4. The fourth-order valence-electron chi connectivity index (χ4n) is 5.59. The molecule has 1 aromatic heterocycles. The van der Waals surface area contributed by atoms with Crippen molar-refractivity contribution in [2.45, 2.75) is 70.7 Å². The van der Waals surface area contributed by atoms with Gasteiger partial charge in [0, 0.05) is 49.7 Å². The van der Waals surface area contributed by atoms with Gasteiger partial charge in [-0.2, -0.15) is 11.8 Å². The lowest BCUT2D eigenvalue weighted by Crippen LogP contribution is -2.38.